The number of anilines is 2. The van der Waals surface area contributed by atoms with E-state index in [1.54, 1.807) is 68.5 Å². The lowest BCUT2D eigenvalue weighted by molar-refractivity contribution is -0.131. The number of ether oxygens (including phenoxy) is 1. The maximum absolute atomic E-state index is 12.9. The van der Waals surface area contributed by atoms with Gasteiger partial charge in [0.05, 0.1) is 11.4 Å². The maximum atomic E-state index is 12.9. The number of thiophene rings is 1. The number of carbonyl (C=O) groups is 3. The van der Waals surface area contributed by atoms with E-state index < -0.39 is 17.7 Å². The molecule has 8 heteroatoms. The van der Waals surface area contributed by atoms with Gasteiger partial charge in [-0.3, -0.25) is 10.1 Å². The Morgan fingerprint density at radius 2 is 1.70 bits per heavy atom. The fraction of sp³-hybridized carbons (Fsp3) is 0.160. The fourth-order valence-corrected chi connectivity index (χ4v) is 3.60. The van der Waals surface area contributed by atoms with Crippen molar-refractivity contribution in [3.63, 3.8) is 0 Å². The van der Waals surface area contributed by atoms with Gasteiger partial charge < -0.3 is 15.2 Å². The SMILES string of the molecule is CC(C)(C)OC(=O)Nc1ccc(-c2cccs2)cc1NC(=O)c1ccc(/C=C/C(=O)O)cc1. The van der Waals surface area contributed by atoms with Crippen LogP contribution in [0.5, 0.6) is 0 Å². The van der Waals surface area contributed by atoms with E-state index in [9.17, 15) is 14.4 Å². The number of carboxylic acids is 1. The van der Waals surface area contributed by atoms with Crippen LogP contribution in [0, 0.1) is 0 Å². The Labute approximate surface area is 195 Å². The summed E-state index contributed by atoms with van der Waals surface area (Å²) in [6, 6.07) is 15.8. The van der Waals surface area contributed by atoms with Gasteiger partial charge in [0.15, 0.2) is 0 Å². The molecule has 0 saturated heterocycles. The van der Waals surface area contributed by atoms with Crippen LogP contribution >= 0.6 is 11.3 Å². The minimum absolute atomic E-state index is 0.376. The van der Waals surface area contributed by atoms with Crippen molar-refractivity contribution in [1.29, 1.82) is 0 Å². The first-order chi connectivity index (χ1) is 15.6. The van der Waals surface area contributed by atoms with Crippen LogP contribution in [0.15, 0.2) is 66.1 Å². The van der Waals surface area contributed by atoms with Gasteiger partial charge >= 0.3 is 12.1 Å². The van der Waals surface area contributed by atoms with Gasteiger partial charge in [-0.05, 0) is 73.7 Å². The molecule has 2 aromatic carbocycles. The number of carbonyl (C=O) groups excluding carboxylic acids is 2. The fourth-order valence-electron chi connectivity index (χ4n) is 2.87. The molecule has 3 rings (SSSR count). The number of rotatable bonds is 6. The molecule has 0 spiro atoms. The third-order valence-corrected chi connectivity index (χ3v) is 5.22. The standard InChI is InChI=1S/C25H24N2O5S/c1-25(2,3)32-24(31)27-19-12-11-18(21-5-4-14-33-21)15-20(19)26-23(30)17-9-6-16(7-10-17)8-13-22(28)29/h4-15H,1-3H3,(H,26,30)(H,27,31)(H,28,29)/b13-8+. The van der Waals surface area contributed by atoms with E-state index in [4.69, 9.17) is 9.84 Å². The number of hydrogen-bond donors (Lipinski definition) is 3. The number of hydrogen-bond acceptors (Lipinski definition) is 5. The predicted octanol–water partition coefficient (Wildman–Crippen LogP) is 6.11. The first-order valence-electron chi connectivity index (χ1n) is 10.1. The third kappa shape index (κ3) is 7.05. The number of benzene rings is 2. The van der Waals surface area contributed by atoms with Crippen molar-refractivity contribution in [3.05, 3.63) is 77.2 Å². The highest BCUT2D eigenvalue weighted by Gasteiger charge is 2.18. The van der Waals surface area contributed by atoms with E-state index in [2.05, 4.69) is 10.6 Å². The predicted molar refractivity (Wildman–Crippen MR) is 131 cm³/mol. The van der Waals surface area contributed by atoms with E-state index in [1.165, 1.54) is 6.08 Å². The van der Waals surface area contributed by atoms with Crippen LogP contribution in [0.3, 0.4) is 0 Å². The minimum atomic E-state index is -1.05. The minimum Gasteiger partial charge on any atom is -0.478 e. The topological polar surface area (TPSA) is 105 Å². The van der Waals surface area contributed by atoms with E-state index >= 15 is 0 Å². The van der Waals surface area contributed by atoms with E-state index in [1.807, 2.05) is 23.6 Å². The highest BCUT2D eigenvalue weighted by molar-refractivity contribution is 7.13. The Morgan fingerprint density at radius 1 is 0.970 bits per heavy atom. The lowest BCUT2D eigenvalue weighted by Gasteiger charge is -2.21. The molecule has 0 bridgehead atoms. The molecule has 3 aromatic rings. The Hall–Kier alpha value is -3.91. The monoisotopic (exact) mass is 464 g/mol. The molecule has 0 unspecified atom stereocenters. The van der Waals surface area contributed by atoms with Crippen LogP contribution in [0.25, 0.3) is 16.5 Å². The Bertz CT molecular complexity index is 1180. The average molecular weight is 465 g/mol. The molecule has 0 atom stereocenters. The third-order valence-electron chi connectivity index (χ3n) is 4.30. The summed E-state index contributed by atoms with van der Waals surface area (Å²) in [7, 11) is 0. The van der Waals surface area contributed by atoms with Gasteiger partial charge in [-0.1, -0.05) is 24.3 Å². The van der Waals surface area contributed by atoms with Gasteiger partial charge in [0.25, 0.3) is 5.91 Å². The Kier molecular flexibility index (Phi) is 7.30. The van der Waals surface area contributed by atoms with E-state index in [-0.39, 0.29) is 5.91 Å². The van der Waals surface area contributed by atoms with Gasteiger partial charge in [0.2, 0.25) is 0 Å². The summed E-state index contributed by atoms with van der Waals surface area (Å²) in [4.78, 5) is 36.9. The molecule has 2 amide bonds. The van der Waals surface area contributed by atoms with Gasteiger partial charge in [0.1, 0.15) is 5.60 Å². The van der Waals surface area contributed by atoms with Crippen molar-refractivity contribution < 1.29 is 24.2 Å². The van der Waals surface area contributed by atoms with E-state index in [0.717, 1.165) is 16.5 Å². The molecule has 33 heavy (non-hydrogen) atoms. The Morgan fingerprint density at radius 3 is 2.30 bits per heavy atom. The van der Waals surface area contributed by atoms with Gasteiger partial charge in [-0.25, -0.2) is 9.59 Å². The van der Waals surface area contributed by atoms with Crippen molar-refractivity contribution >= 4 is 46.8 Å². The summed E-state index contributed by atoms with van der Waals surface area (Å²) in [5.74, 6) is -1.42. The van der Waals surface area contributed by atoms with Crippen LogP contribution in [-0.4, -0.2) is 28.7 Å². The molecule has 1 heterocycles. The summed E-state index contributed by atoms with van der Waals surface area (Å²) < 4.78 is 5.33. The average Bonchev–Trinajstić information content (AvgIpc) is 3.27. The quantitative estimate of drug-likeness (QED) is 0.382. The van der Waals surface area contributed by atoms with Crippen molar-refractivity contribution in [2.75, 3.05) is 10.6 Å². The Balaban J connectivity index is 1.85. The second kappa shape index (κ2) is 10.1. The van der Waals surface area contributed by atoms with Crippen molar-refractivity contribution in [2.24, 2.45) is 0 Å². The second-order valence-corrected chi connectivity index (χ2v) is 9.06. The van der Waals surface area contributed by atoms with E-state index in [0.29, 0.717) is 22.5 Å². The summed E-state index contributed by atoms with van der Waals surface area (Å²) in [5.41, 5.74) is 2.09. The highest BCUT2D eigenvalue weighted by atomic mass is 32.1. The summed E-state index contributed by atoms with van der Waals surface area (Å²) in [5, 5.41) is 16.2. The molecular weight excluding hydrogens is 440 g/mol. The van der Waals surface area contributed by atoms with Crippen molar-refractivity contribution in [2.45, 2.75) is 26.4 Å². The van der Waals surface area contributed by atoms with Crippen molar-refractivity contribution in [3.8, 4) is 10.4 Å². The molecule has 1 aromatic heterocycles. The summed E-state index contributed by atoms with van der Waals surface area (Å²) >= 11 is 1.56. The molecular formula is C25H24N2O5S. The molecule has 0 aliphatic rings. The molecule has 0 fully saturated rings. The lowest BCUT2D eigenvalue weighted by atomic mass is 10.1. The van der Waals surface area contributed by atoms with Crippen LogP contribution in [0.1, 0.15) is 36.7 Å². The molecule has 3 N–H and O–H groups in total. The number of carboxylic acid groups (broad SMARTS) is 1. The van der Waals surface area contributed by atoms with Crippen LogP contribution < -0.4 is 10.6 Å². The summed E-state index contributed by atoms with van der Waals surface area (Å²) in [6.45, 7) is 5.30. The smallest absolute Gasteiger partial charge is 0.412 e. The van der Waals surface area contributed by atoms with Crippen LogP contribution in [-0.2, 0) is 9.53 Å². The van der Waals surface area contributed by atoms with Gasteiger partial charge in [0, 0.05) is 16.5 Å². The summed E-state index contributed by atoms with van der Waals surface area (Å²) in [6.07, 6.45) is 1.84. The first-order valence-corrected chi connectivity index (χ1v) is 11.0. The molecule has 0 aliphatic heterocycles. The van der Waals surface area contributed by atoms with Crippen LogP contribution in [0.4, 0.5) is 16.2 Å². The largest absolute Gasteiger partial charge is 0.478 e. The maximum Gasteiger partial charge on any atom is 0.412 e. The first kappa shape index (κ1) is 23.7. The second-order valence-electron chi connectivity index (χ2n) is 8.11. The van der Waals surface area contributed by atoms with Crippen LogP contribution in [0.2, 0.25) is 0 Å². The van der Waals surface area contributed by atoms with Crippen molar-refractivity contribution in [1.82, 2.24) is 0 Å². The molecule has 170 valence electrons. The molecule has 0 radical (unpaired) electrons. The molecule has 7 nitrogen and oxygen atoms in total. The zero-order valence-electron chi connectivity index (χ0n) is 18.4. The van der Waals surface area contributed by atoms with Gasteiger partial charge in [-0.2, -0.15) is 0 Å². The van der Waals surface area contributed by atoms with Gasteiger partial charge in [-0.15, -0.1) is 11.3 Å². The normalized spacial score (nSPS) is 11.2. The lowest BCUT2D eigenvalue weighted by Crippen LogP contribution is -2.27. The zero-order chi connectivity index (χ0) is 24.0. The zero-order valence-corrected chi connectivity index (χ0v) is 19.2. The number of amides is 2. The highest BCUT2D eigenvalue weighted by Crippen LogP contribution is 2.32. The number of aliphatic carboxylic acids is 1. The molecule has 0 saturated carbocycles. The number of nitrogens with one attached hydrogen (secondary N) is 2. The molecule has 0 aliphatic carbocycles.